The van der Waals surface area contributed by atoms with E-state index in [1.54, 1.807) is 17.6 Å². The number of thiophene rings is 1. The Morgan fingerprint density at radius 3 is 3.00 bits per heavy atom. The molecule has 0 aromatic carbocycles. The standard InChI is InChI=1S/C17H17ClN4OS.ClH/c1-10-14(7-11(20)4-5-19)24-17-13(8-15(18)22-16(10)17)21-9-12-3-2-6-23-12;/h2-3,6,8,11H,4,7,9,20H2,1H3,(H,21,22);1H/t11-;/m0./s1. The van der Waals surface area contributed by atoms with E-state index in [4.69, 9.17) is 27.0 Å². The molecule has 0 saturated carbocycles. The van der Waals surface area contributed by atoms with Crippen LogP contribution < -0.4 is 11.1 Å². The summed E-state index contributed by atoms with van der Waals surface area (Å²) in [6.45, 7) is 2.59. The summed E-state index contributed by atoms with van der Waals surface area (Å²) in [5.41, 5.74) is 8.89. The minimum absolute atomic E-state index is 0. The first-order valence-corrected chi connectivity index (χ1v) is 8.75. The number of nitrogens with one attached hydrogen (secondary N) is 1. The van der Waals surface area contributed by atoms with Gasteiger partial charge in [-0.1, -0.05) is 11.6 Å². The van der Waals surface area contributed by atoms with Crippen molar-refractivity contribution in [3.05, 3.63) is 45.8 Å². The van der Waals surface area contributed by atoms with Gasteiger partial charge in [0.25, 0.3) is 0 Å². The number of halogens is 2. The van der Waals surface area contributed by atoms with Crippen molar-refractivity contribution in [1.82, 2.24) is 4.98 Å². The summed E-state index contributed by atoms with van der Waals surface area (Å²) in [4.78, 5) is 5.60. The summed E-state index contributed by atoms with van der Waals surface area (Å²) < 4.78 is 6.40. The van der Waals surface area contributed by atoms with Gasteiger partial charge in [0.15, 0.2) is 0 Å². The molecular weight excluding hydrogens is 379 g/mol. The molecule has 25 heavy (non-hydrogen) atoms. The molecule has 0 amide bonds. The summed E-state index contributed by atoms with van der Waals surface area (Å²) >= 11 is 7.83. The Bertz CT molecular complexity index is 886. The van der Waals surface area contributed by atoms with E-state index in [2.05, 4.69) is 16.4 Å². The molecule has 0 saturated heterocycles. The molecule has 0 bridgehead atoms. The number of aromatic nitrogens is 1. The highest BCUT2D eigenvalue weighted by Gasteiger charge is 2.16. The zero-order valence-electron chi connectivity index (χ0n) is 13.6. The molecule has 3 aromatic rings. The lowest BCUT2D eigenvalue weighted by atomic mass is 10.1. The average Bonchev–Trinajstić information content (AvgIpc) is 3.15. The van der Waals surface area contributed by atoms with Gasteiger partial charge in [-0.15, -0.1) is 23.7 Å². The van der Waals surface area contributed by atoms with E-state index in [0.29, 0.717) is 24.5 Å². The van der Waals surface area contributed by atoms with Crippen LogP contribution in [0.15, 0.2) is 28.9 Å². The molecule has 0 aliphatic heterocycles. The molecular formula is C17H18Cl2N4OS. The van der Waals surface area contributed by atoms with E-state index in [1.165, 1.54) is 0 Å². The fraction of sp³-hybridized carbons (Fsp3) is 0.294. The van der Waals surface area contributed by atoms with Gasteiger partial charge in [0.05, 0.1) is 41.2 Å². The van der Waals surface area contributed by atoms with Crippen LogP contribution in [-0.2, 0) is 13.0 Å². The predicted molar refractivity (Wildman–Crippen MR) is 105 cm³/mol. The van der Waals surface area contributed by atoms with Crippen LogP contribution >= 0.6 is 35.3 Å². The molecule has 0 aliphatic carbocycles. The molecule has 8 heteroatoms. The van der Waals surface area contributed by atoms with Crippen molar-refractivity contribution in [1.29, 1.82) is 5.26 Å². The molecule has 0 fully saturated rings. The normalized spacial score (nSPS) is 11.8. The lowest BCUT2D eigenvalue weighted by Gasteiger charge is -2.06. The highest BCUT2D eigenvalue weighted by atomic mass is 35.5. The second-order valence-electron chi connectivity index (χ2n) is 5.58. The molecule has 5 nitrogen and oxygen atoms in total. The van der Waals surface area contributed by atoms with Gasteiger partial charge in [-0.3, -0.25) is 0 Å². The maximum Gasteiger partial charge on any atom is 0.131 e. The Balaban J connectivity index is 0.00000225. The third-order valence-corrected chi connectivity index (χ3v) is 5.30. The minimum atomic E-state index is -0.170. The van der Waals surface area contributed by atoms with Crippen LogP contribution in [0.1, 0.15) is 22.6 Å². The first-order chi connectivity index (χ1) is 11.6. The molecule has 0 spiro atoms. The summed E-state index contributed by atoms with van der Waals surface area (Å²) in [7, 11) is 0. The van der Waals surface area contributed by atoms with Crippen LogP contribution in [0, 0.1) is 18.3 Å². The van der Waals surface area contributed by atoms with Crippen molar-refractivity contribution in [2.45, 2.75) is 32.4 Å². The van der Waals surface area contributed by atoms with Crippen molar-refractivity contribution >= 4 is 51.2 Å². The van der Waals surface area contributed by atoms with Crippen molar-refractivity contribution in [2.75, 3.05) is 5.32 Å². The topological polar surface area (TPSA) is 87.9 Å². The molecule has 3 N–H and O–H groups in total. The van der Waals surface area contributed by atoms with Crippen LogP contribution in [0.25, 0.3) is 10.2 Å². The monoisotopic (exact) mass is 396 g/mol. The van der Waals surface area contributed by atoms with Crippen LogP contribution in [0.3, 0.4) is 0 Å². The van der Waals surface area contributed by atoms with Gasteiger partial charge >= 0.3 is 0 Å². The maximum atomic E-state index is 8.79. The van der Waals surface area contributed by atoms with Crippen LogP contribution in [0.2, 0.25) is 5.15 Å². The third kappa shape index (κ3) is 4.44. The number of hydrogen-bond acceptors (Lipinski definition) is 6. The Hall–Kier alpha value is -1.78. The molecule has 0 radical (unpaired) electrons. The number of pyridine rings is 1. The number of anilines is 1. The van der Waals surface area contributed by atoms with Crippen molar-refractivity contribution in [3.8, 4) is 6.07 Å². The molecule has 132 valence electrons. The van der Waals surface area contributed by atoms with Crippen molar-refractivity contribution in [2.24, 2.45) is 5.73 Å². The second-order valence-corrected chi connectivity index (χ2v) is 7.07. The van der Waals surface area contributed by atoms with Gasteiger partial charge < -0.3 is 15.5 Å². The summed E-state index contributed by atoms with van der Waals surface area (Å²) in [6.07, 6.45) is 2.65. The fourth-order valence-corrected chi connectivity index (χ4v) is 4.06. The van der Waals surface area contributed by atoms with Gasteiger partial charge in [-0.2, -0.15) is 5.26 Å². The van der Waals surface area contributed by atoms with Crippen molar-refractivity contribution < 1.29 is 4.42 Å². The summed E-state index contributed by atoms with van der Waals surface area (Å²) in [5, 5.41) is 12.6. The average molecular weight is 397 g/mol. The van der Waals surface area contributed by atoms with E-state index in [9.17, 15) is 0 Å². The van der Waals surface area contributed by atoms with Crippen molar-refractivity contribution in [3.63, 3.8) is 0 Å². The molecule has 0 aliphatic rings. The Labute approximate surface area is 161 Å². The number of nitrogens with zero attached hydrogens (tertiary/aromatic N) is 2. The van der Waals surface area contributed by atoms with Crippen LogP contribution in [0.4, 0.5) is 5.69 Å². The van der Waals surface area contributed by atoms with E-state index in [-0.39, 0.29) is 18.4 Å². The number of fused-ring (bicyclic) bond motifs is 1. The molecule has 3 aromatic heterocycles. The van der Waals surface area contributed by atoms with Gasteiger partial charge in [0.2, 0.25) is 0 Å². The highest BCUT2D eigenvalue weighted by Crippen LogP contribution is 2.37. The van der Waals surface area contributed by atoms with E-state index in [0.717, 1.165) is 32.1 Å². The number of aryl methyl sites for hydroxylation is 1. The first kappa shape index (κ1) is 19.5. The SMILES string of the molecule is Cc1c(C[C@@H](N)CC#N)sc2c(NCc3ccco3)cc(Cl)nc12.Cl. The number of furan rings is 1. The zero-order valence-corrected chi connectivity index (χ0v) is 16.0. The first-order valence-electron chi connectivity index (χ1n) is 7.55. The number of hydrogen-bond donors (Lipinski definition) is 2. The van der Waals surface area contributed by atoms with Gasteiger partial charge in [-0.25, -0.2) is 4.98 Å². The van der Waals surface area contributed by atoms with Crippen LogP contribution in [0.5, 0.6) is 0 Å². The van der Waals surface area contributed by atoms with E-state index < -0.39 is 0 Å². The Morgan fingerprint density at radius 2 is 2.32 bits per heavy atom. The quantitative estimate of drug-likeness (QED) is 0.591. The van der Waals surface area contributed by atoms with Gasteiger partial charge in [0.1, 0.15) is 10.9 Å². The predicted octanol–water partition coefficient (Wildman–Crippen LogP) is 4.67. The van der Waals surface area contributed by atoms with E-state index in [1.807, 2.05) is 25.1 Å². The Kier molecular flexibility index (Phi) is 6.68. The fourth-order valence-electron chi connectivity index (χ4n) is 2.54. The minimum Gasteiger partial charge on any atom is -0.467 e. The Morgan fingerprint density at radius 1 is 1.52 bits per heavy atom. The molecule has 3 rings (SSSR count). The van der Waals surface area contributed by atoms with Gasteiger partial charge in [-0.05, 0) is 31.0 Å². The number of nitriles is 1. The zero-order chi connectivity index (χ0) is 17.1. The molecule has 0 unspecified atom stereocenters. The number of rotatable bonds is 6. The smallest absolute Gasteiger partial charge is 0.131 e. The van der Waals surface area contributed by atoms with Crippen LogP contribution in [-0.4, -0.2) is 11.0 Å². The lowest BCUT2D eigenvalue weighted by Crippen LogP contribution is -2.21. The summed E-state index contributed by atoms with van der Waals surface area (Å²) in [6, 6.07) is 7.54. The summed E-state index contributed by atoms with van der Waals surface area (Å²) in [5.74, 6) is 0.848. The second kappa shape index (κ2) is 8.54. The highest BCUT2D eigenvalue weighted by molar-refractivity contribution is 7.19. The van der Waals surface area contributed by atoms with Gasteiger partial charge in [0, 0.05) is 17.0 Å². The largest absolute Gasteiger partial charge is 0.467 e. The molecule has 1 atom stereocenters. The third-order valence-electron chi connectivity index (χ3n) is 3.77. The van der Waals surface area contributed by atoms with E-state index >= 15 is 0 Å². The lowest BCUT2D eigenvalue weighted by molar-refractivity contribution is 0.518. The number of nitrogens with two attached hydrogens (primary N) is 1. The molecule has 3 heterocycles. The maximum absolute atomic E-state index is 8.79.